The number of aliphatic hydroxyl groups is 1. The van der Waals surface area contributed by atoms with Gasteiger partial charge in [-0.2, -0.15) is 4.57 Å². The Bertz CT molecular complexity index is 760. The van der Waals surface area contributed by atoms with Crippen LogP contribution >= 0.6 is 0 Å². The smallest absolute Gasteiger partial charge is 0.215 e. The van der Waals surface area contributed by atoms with Crippen molar-refractivity contribution in [2.75, 3.05) is 0 Å². The van der Waals surface area contributed by atoms with Gasteiger partial charge in [0.25, 0.3) is 0 Å². The summed E-state index contributed by atoms with van der Waals surface area (Å²) in [7, 11) is 0. The van der Waals surface area contributed by atoms with Crippen LogP contribution in [0.2, 0.25) is 0 Å². The molecular weight excluding hydrogens is 357 g/mol. The van der Waals surface area contributed by atoms with Crippen molar-refractivity contribution in [2.24, 2.45) is 0 Å². The molecule has 0 atom stereocenters. The second kappa shape index (κ2) is 7.99. The zero-order chi connectivity index (χ0) is 15.4. The normalized spacial score (nSPS) is 10.2. The first-order chi connectivity index (χ1) is 10.8. The molecule has 0 bridgehead atoms. The van der Waals surface area contributed by atoms with Crippen LogP contribution in [0.1, 0.15) is 11.3 Å². The highest BCUT2D eigenvalue weighted by molar-refractivity contribution is 5.64. The van der Waals surface area contributed by atoms with Crippen molar-refractivity contribution in [3.8, 4) is 11.1 Å². The van der Waals surface area contributed by atoms with Gasteiger partial charge in [-0.3, -0.25) is 0 Å². The molecule has 0 unspecified atom stereocenters. The molecule has 0 saturated heterocycles. The number of aliphatic hydroxyl groups excluding tert-OH is 1. The molecule has 0 spiro atoms. The number of hydrogen-bond donors (Lipinski definition) is 1. The monoisotopic (exact) mass is 373 g/mol. The molecular formula is C19H17BrFNO. The molecule has 0 aliphatic rings. The number of hydrogen-bond acceptors (Lipinski definition) is 1. The molecule has 2 nitrogen and oxygen atoms in total. The van der Waals surface area contributed by atoms with Gasteiger partial charge in [0.05, 0.1) is 5.56 Å². The molecule has 3 rings (SSSR count). The summed E-state index contributed by atoms with van der Waals surface area (Å²) in [6, 6.07) is 20.3. The van der Waals surface area contributed by atoms with Gasteiger partial charge in [0.1, 0.15) is 12.4 Å². The standard InChI is InChI=1S/C19H17FNO.BrH/c20-17-10-8-16(9-11-17)18-7-4-12-21(19(18)14-22)13-15-5-2-1-3-6-15;/h1-12,22H,13-14H2;1H/q+1;/p-1. The van der Waals surface area contributed by atoms with Crippen LogP contribution in [-0.4, -0.2) is 5.11 Å². The van der Waals surface area contributed by atoms with Crippen LogP contribution in [0.3, 0.4) is 0 Å². The molecule has 118 valence electrons. The van der Waals surface area contributed by atoms with E-state index in [0.717, 1.165) is 16.8 Å². The van der Waals surface area contributed by atoms with Gasteiger partial charge in [-0.25, -0.2) is 4.39 Å². The fourth-order valence-corrected chi connectivity index (χ4v) is 2.58. The third-order valence-electron chi connectivity index (χ3n) is 3.69. The van der Waals surface area contributed by atoms with Crippen molar-refractivity contribution in [3.63, 3.8) is 0 Å². The van der Waals surface area contributed by atoms with E-state index in [4.69, 9.17) is 0 Å². The molecule has 23 heavy (non-hydrogen) atoms. The molecule has 0 amide bonds. The van der Waals surface area contributed by atoms with E-state index in [-0.39, 0.29) is 29.4 Å². The maximum Gasteiger partial charge on any atom is 0.215 e. The molecule has 2 aromatic carbocycles. The van der Waals surface area contributed by atoms with Gasteiger partial charge in [0.2, 0.25) is 5.69 Å². The molecule has 4 heteroatoms. The topological polar surface area (TPSA) is 24.1 Å². The summed E-state index contributed by atoms with van der Waals surface area (Å²) in [6.07, 6.45) is 1.95. The van der Waals surface area contributed by atoms with Crippen molar-refractivity contribution < 1.29 is 31.0 Å². The number of halogens is 2. The first kappa shape index (κ1) is 17.3. The van der Waals surface area contributed by atoms with Crippen LogP contribution in [0, 0.1) is 5.82 Å². The third kappa shape index (κ3) is 4.03. The van der Waals surface area contributed by atoms with Crippen molar-refractivity contribution in [1.29, 1.82) is 0 Å². The van der Waals surface area contributed by atoms with E-state index in [9.17, 15) is 9.50 Å². The van der Waals surface area contributed by atoms with Gasteiger partial charge in [0.15, 0.2) is 12.7 Å². The van der Waals surface area contributed by atoms with Gasteiger partial charge in [-0.1, -0.05) is 42.5 Å². The molecule has 0 aliphatic heterocycles. The Morgan fingerprint density at radius 2 is 1.57 bits per heavy atom. The quantitative estimate of drug-likeness (QED) is 0.654. The highest BCUT2D eigenvalue weighted by Crippen LogP contribution is 2.22. The lowest BCUT2D eigenvalue weighted by Crippen LogP contribution is -3.00. The van der Waals surface area contributed by atoms with Gasteiger partial charge in [0, 0.05) is 11.6 Å². The fraction of sp³-hybridized carbons (Fsp3) is 0.105. The van der Waals surface area contributed by atoms with Gasteiger partial charge < -0.3 is 22.1 Å². The van der Waals surface area contributed by atoms with Crippen molar-refractivity contribution in [2.45, 2.75) is 13.2 Å². The predicted octanol–water partition coefficient (Wildman–Crippen LogP) is 0.325. The van der Waals surface area contributed by atoms with Crippen molar-refractivity contribution >= 4 is 0 Å². The summed E-state index contributed by atoms with van der Waals surface area (Å²) < 4.78 is 15.1. The van der Waals surface area contributed by atoms with E-state index in [2.05, 4.69) is 12.1 Å². The Morgan fingerprint density at radius 1 is 0.870 bits per heavy atom. The maximum absolute atomic E-state index is 13.1. The molecule has 1 heterocycles. The van der Waals surface area contributed by atoms with Crippen LogP contribution in [-0.2, 0) is 13.2 Å². The largest absolute Gasteiger partial charge is 1.00 e. The minimum atomic E-state index is -0.262. The lowest BCUT2D eigenvalue weighted by molar-refractivity contribution is -0.697. The summed E-state index contributed by atoms with van der Waals surface area (Å²) >= 11 is 0. The Hall–Kier alpha value is -2.04. The Labute approximate surface area is 145 Å². The number of aromatic nitrogens is 1. The second-order valence-electron chi connectivity index (χ2n) is 5.15. The van der Waals surface area contributed by atoms with Gasteiger partial charge in [-0.05, 0) is 23.8 Å². The predicted molar refractivity (Wildman–Crippen MR) is 83.5 cm³/mol. The number of nitrogens with zero attached hydrogens (tertiary/aromatic N) is 1. The van der Waals surface area contributed by atoms with E-state index < -0.39 is 0 Å². The average Bonchev–Trinajstić information content (AvgIpc) is 2.56. The van der Waals surface area contributed by atoms with E-state index in [0.29, 0.717) is 6.54 Å². The molecule has 0 fully saturated rings. The Kier molecular flexibility index (Phi) is 6.02. The van der Waals surface area contributed by atoms with E-state index in [1.54, 1.807) is 12.1 Å². The molecule has 1 aromatic heterocycles. The van der Waals surface area contributed by atoms with Gasteiger partial charge >= 0.3 is 0 Å². The zero-order valence-corrected chi connectivity index (χ0v) is 14.1. The van der Waals surface area contributed by atoms with E-state index >= 15 is 0 Å². The highest BCUT2D eigenvalue weighted by atomic mass is 79.9. The fourth-order valence-electron chi connectivity index (χ4n) is 2.58. The van der Waals surface area contributed by atoms with Crippen LogP contribution in [0.4, 0.5) is 4.39 Å². The summed E-state index contributed by atoms with van der Waals surface area (Å²) in [5, 5.41) is 9.80. The molecule has 0 radical (unpaired) electrons. The van der Waals surface area contributed by atoms with Crippen molar-refractivity contribution in [1.82, 2.24) is 0 Å². The second-order valence-corrected chi connectivity index (χ2v) is 5.15. The molecule has 0 saturated carbocycles. The molecule has 0 aliphatic carbocycles. The van der Waals surface area contributed by atoms with Crippen LogP contribution in [0.5, 0.6) is 0 Å². The average molecular weight is 374 g/mol. The molecule has 3 aromatic rings. The summed E-state index contributed by atoms with van der Waals surface area (Å²) in [4.78, 5) is 0. The highest BCUT2D eigenvalue weighted by Gasteiger charge is 2.16. The van der Waals surface area contributed by atoms with Gasteiger partial charge in [-0.15, -0.1) is 0 Å². The van der Waals surface area contributed by atoms with E-state index in [1.807, 2.05) is 41.1 Å². The van der Waals surface area contributed by atoms with Crippen molar-refractivity contribution in [3.05, 3.63) is 90.0 Å². The first-order valence-electron chi connectivity index (χ1n) is 7.20. The van der Waals surface area contributed by atoms with Crippen LogP contribution < -0.4 is 21.5 Å². The first-order valence-corrected chi connectivity index (χ1v) is 7.20. The molecule has 1 N–H and O–H groups in total. The summed E-state index contributed by atoms with van der Waals surface area (Å²) in [5.74, 6) is -0.262. The zero-order valence-electron chi connectivity index (χ0n) is 12.5. The summed E-state index contributed by atoms with van der Waals surface area (Å²) in [6.45, 7) is 0.617. The van der Waals surface area contributed by atoms with E-state index in [1.165, 1.54) is 17.7 Å². The minimum Gasteiger partial charge on any atom is -1.00 e. The van der Waals surface area contributed by atoms with Crippen LogP contribution in [0.15, 0.2) is 72.9 Å². The Morgan fingerprint density at radius 3 is 2.22 bits per heavy atom. The Balaban J connectivity index is 0.00000192. The third-order valence-corrected chi connectivity index (χ3v) is 3.69. The SMILES string of the molecule is OCc1c(-c2ccc(F)cc2)ccc[n+]1Cc1ccccc1.[Br-]. The number of pyridine rings is 1. The number of benzene rings is 2. The maximum atomic E-state index is 13.1. The minimum absolute atomic E-state index is 0. The lowest BCUT2D eigenvalue weighted by atomic mass is 10.0. The lowest BCUT2D eigenvalue weighted by Gasteiger charge is -2.08. The number of rotatable bonds is 4. The van der Waals surface area contributed by atoms with Crippen LogP contribution in [0.25, 0.3) is 11.1 Å². The summed E-state index contributed by atoms with van der Waals surface area (Å²) in [5.41, 5.74) is 3.80.